The summed E-state index contributed by atoms with van der Waals surface area (Å²) in [6.45, 7) is -2.89. The summed E-state index contributed by atoms with van der Waals surface area (Å²) >= 11 is 0. The molecule has 1 aliphatic rings. The van der Waals surface area contributed by atoms with Gasteiger partial charge in [-0.15, -0.1) is 0 Å². The van der Waals surface area contributed by atoms with Crippen LogP contribution in [0, 0.1) is 15.9 Å². The molecule has 1 heterocycles. The van der Waals surface area contributed by atoms with E-state index in [-0.39, 0.29) is 0 Å². The zero-order valence-electron chi connectivity index (χ0n) is 11.2. The number of nitro groups is 1. The Morgan fingerprint density at radius 3 is 2.45 bits per heavy atom. The number of hydrogen-bond acceptors (Lipinski definition) is 3. The van der Waals surface area contributed by atoms with Gasteiger partial charge in [-0.25, -0.2) is 17.6 Å². The van der Waals surface area contributed by atoms with Gasteiger partial charge in [0.15, 0.2) is 0 Å². The van der Waals surface area contributed by atoms with Crippen molar-refractivity contribution < 1.29 is 27.3 Å². The Morgan fingerprint density at radius 2 is 1.95 bits per heavy atom. The monoisotopic (exact) mass is 320 g/mol. The molecule has 0 aliphatic carbocycles. The van der Waals surface area contributed by atoms with Crippen molar-refractivity contribution in [1.82, 2.24) is 5.32 Å². The third kappa shape index (κ3) is 2.51. The number of nitro benzene ring substituents is 1. The van der Waals surface area contributed by atoms with E-state index < -0.39 is 65.3 Å². The number of carbonyl (C=O) groups is 1. The molecule has 1 N–H and O–H groups in total. The molecule has 0 bridgehead atoms. The maximum Gasteiger partial charge on any atom is 0.270 e. The van der Waals surface area contributed by atoms with Crippen molar-refractivity contribution in [3.8, 4) is 0 Å². The lowest BCUT2D eigenvalue weighted by molar-refractivity contribution is -0.385. The van der Waals surface area contributed by atoms with E-state index in [4.69, 9.17) is 0 Å². The van der Waals surface area contributed by atoms with Gasteiger partial charge in [0.25, 0.3) is 11.6 Å². The van der Waals surface area contributed by atoms with Crippen LogP contribution in [0.15, 0.2) is 18.2 Å². The highest BCUT2D eigenvalue weighted by Crippen LogP contribution is 2.39. The number of alkyl halides is 3. The highest BCUT2D eigenvalue weighted by molar-refractivity contribution is 5.87. The minimum absolute atomic E-state index is 0.423. The molecule has 1 amide bonds. The van der Waals surface area contributed by atoms with E-state index in [0.29, 0.717) is 0 Å². The van der Waals surface area contributed by atoms with E-state index in [2.05, 4.69) is 0 Å². The molecule has 2 atom stereocenters. The number of halogens is 4. The van der Waals surface area contributed by atoms with Gasteiger partial charge < -0.3 is 5.32 Å². The lowest BCUT2D eigenvalue weighted by atomic mass is 9.78. The first-order chi connectivity index (χ1) is 10.3. The van der Waals surface area contributed by atoms with Crippen molar-refractivity contribution in [2.24, 2.45) is 0 Å². The predicted octanol–water partition coefficient (Wildman–Crippen LogP) is 2.49. The molecule has 1 fully saturated rings. The summed E-state index contributed by atoms with van der Waals surface area (Å²) in [7, 11) is 0. The van der Waals surface area contributed by atoms with Crippen molar-refractivity contribution in [3.05, 3.63) is 39.7 Å². The second-order valence-corrected chi connectivity index (χ2v) is 5.19. The van der Waals surface area contributed by atoms with Gasteiger partial charge in [0.05, 0.1) is 10.5 Å². The topological polar surface area (TPSA) is 72.2 Å². The van der Waals surface area contributed by atoms with Crippen molar-refractivity contribution in [2.45, 2.75) is 24.0 Å². The number of piperidine rings is 1. The van der Waals surface area contributed by atoms with Crippen LogP contribution in [0.2, 0.25) is 0 Å². The number of non-ortho nitro benzene ring substituents is 1. The first-order valence-electron chi connectivity index (χ1n) is 6.36. The summed E-state index contributed by atoms with van der Waals surface area (Å²) in [5, 5.41) is 12.7. The Hall–Kier alpha value is -2.19. The minimum atomic E-state index is -2.80. The van der Waals surface area contributed by atoms with E-state index in [1.165, 1.54) is 0 Å². The number of nitrogens with one attached hydrogen (secondary N) is 1. The van der Waals surface area contributed by atoms with E-state index in [1.807, 2.05) is 5.32 Å². The quantitative estimate of drug-likeness (QED) is 0.526. The van der Waals surface area contributed by atoms with Crippen LogP contribution in [0.5, 0.6) is 0 Å². The van der Waals surface area contributed by atoms with E-state index in [1.54, 1.807) is 0 Å². The third-order valence-electron chi connectivity index (χ3n) is 3.82. The molecule has 9 heteroatoms. The number of hydrogen-bond donors (Lipinski definition) is 1. The van der Waals surface area contributed by atoms with Gasteiger partial charge in [-0.3, -0.25) is 14.9 Å². The lowest BCUT2D eigenvalue weighted by Gasteiger charge is -2.40. The predicted molar refractivity (Wildman–Crippen MR) is 67.9 cm³/mol. The maximum absolute atomic E-state index is 13.9. The largest absolute Gasteiger partial charge is 0.341 e. The molecule has 1 aliphatic heterocycles. The molecular formula is C13H12F4N2O3. The Labute approximate surface area is 122 Å². The van der Waals surface area contributed by atoms with Crippen LogP contribution in [0.25, 0.3) is 0 Å². The fourth-order valence-corrected chi connectivity index (χ4v) is 2.41. The molecule has 1 aromatic rings. The second-order valence-electron chi connectivity index (χ2n) is 5.19. The first-order valence-corrected chi connectivity index (χ1v) is 6.36. The Kier molecular flexibility index (Phi) is 4.08. The molecule has 22 heavy (non-hydrogen) atoms. The van der Waals surface area contributed by atoms with Crippen LogP contribution in [0.3, 0.4) is 0 Å². The van der Waals surface area contributed by atoms with Crippen LogP contribution in [0.4, 0.5) is 23.2 Å². The number of benzene rings is 1. The molecule has 1 unspecified atom stereocenters. The first kappa shape index (κ1) is 16.2. The van der Waals surface area contributed by atoms with Crippen LogP contribution in [0.1, 0.15) is 18.4 Å². The summed E-state index contributed by atoms with van der Waals surface area (Å²) in [5.41, 5.74) is -5.70. The van der Waals surface area contributed by atoms with E-state index in [9.17, 15) is 32.5 Å². The fourth-order valence-electron chi connectivity index (χ4n) is 2.41. The van der Waals surface area contributed by atoms with Crippen LogP contribution in [-0.2, 0) is 10.3 Å². The molecule has 5 nitrogen and oxygen atoms in total. The second kappa shape index (κ2) is 5.54. The summed E-state index contributed by atoms with van der Waals surface area (Å²) in [4.78, 5) is 21.6. The Bertz CT molecular complexity index is 627. The molecule has 0 aromatic heterocycles. The Balaban J connectivity index is 2.47. The van der Waals surface area contributed by atoms with Gasteiger partial charge in [0.1, 0.15) is 19.2 Å². The maximum atomic E-state index is 13.9. The zero-order chi connectivity index (χ0) is 16.5. The normalized spacial score (nSPS) is 28.3. The molecule has 1 aromatic carbocycles. The van der Waals surface area contributed by atoms with Crippen LogP contribution in [-0.4, -0.2) is 29.8 Å². The summed E-state index contributed by atoms with van der Waals surface area (Å²) < 4.78 is 54.0. The lowest BCUT2D eigenvalue weighted by Crippen LogP contribution is -2.60. The van der Waals surface area contributed by atoms with Gasteiger partial charge in [-0.05, 0) is 18.9 Å². The SMILES string of the molecule is O=C1N[C@](CF)(c2cc([N+](=O)[O-])ccc2F)CCC1(F)CF. The van der Waals surface area contributed by atoms with Crippen molar-refractivity contribution in [3.63, 3.8) is 0 Å². The fraction of sp³-hybridized carbons (Fsp3) is 0.462. The zero-order valence-corrected chi connectivity index (χ0v) is 11.2. The standard InChI is InChI=1S/C13H12F4N2O3/c14-6-12(17)3-4-13(7-15,18-11(12)20)9-5-8(19(21)22)1-2-10(9)16/h1-2,5H,3-4,6-7H2,(H,18,20)/t12?,13-/m1/s1. The van der Waals surface area contributed by atoms with Gasteiger partial charge in [0.2, 0.25) is 5.67 Å². The number of carbonyl (C=O) groups excluding carboxylic acids is 1. The number of nitrogens with zero attached hydrogens (tertiary/aromatic N) is 1. The van der Waals surface area contributed by atoms with Gasteiger partial charge in [0, 0.05) is 17.7 Å². The van der Waals surface area contributed by atoms with Gasteiger partial charge in [-0.1, -0.05) is 0 Å². The molecule has 0 spiro atoms. The van der Waals surface area contributed by atoms with Gasteiger partial charge >= 0.3 is 0 Å². The molecular weight excluding hydrogens is 308 g/mol. The molecule has 2 rings (SSSR count). The van der Waals surface area contributed by atoms with E-state index >= 15 is 0 Å². The number of amides is 1. The van der Waals surface area contributed by atoms with Crippen LogP contribution < -0.4 is 5.32 Å². The van der Waals surface area contributed by atoms with Gasteiger partial charge in [-0.2, -0.15) is 0 Å². The molecule has 0 radical (unpaired) electrons. The highest BCUT2D eigenvalue weighted by atomic mass is 19.2. The van der Waals surface area contributed by atoms with E-state index in [0.717, 1.165) is 18.2 Å². The van der Waals surface area contributed by atoms with Crippen molar-refractivity contribution in [2.75, 3.05) is 13.3 Å². The summed E-state index contributed by atoms with van der Waals surface area (Å²) in [6.07, 6.45) is -1.07. The van der Waals surface area contributed by atoms with Crippen molar-refractivity contribution in [1.29, 1.82) is 0 Å². The molecule has 1 saturated heterocycles. The summed E-state index contributed by atoms with van der Waals surface area (Å²) in [5.74, 6) is -2.38. The highest BCUT2D eigenvalue weighted by Gasteiger charge is 2.51. The Morgan fingerprint density at radius 1 is 1.27 bits per heavy atom. The number of rotatable bonds is 4. The minimum Gasteiger partial charge on any atom is -0.341 e. The smallest absolute Gasteiger partial charge is 0.270 e. The third-order valence-corrected chi connectivity index (χ3v) is 3.82. The average molecular weight is 320 g/mol. The molecule has 0 saturated carbocycles. The molecule has 120 valence electrons. The average Bonchev–Trinajstić information content (AvgIpc) is 2.50. The van der Waals surface area contributed by atoms with Crippen LogP contribution >= 0.6 is 0 Å². The van der Waals surface area contributed by atoms with Crippen molar-refractivity contribution >= 4 is 11.6 Å². The summed E-state index contributed by atoms with van der Waals surface area (Å²) in [6, 6.07) is 2.44.